The smallest absolute Gasteiger partial charge is 0.212 e. The summed E-state index contributed by atoms with van der Waals surface area (Å²) < 4.78 is 27.2. The number of nitrogens with one attached hydrogen (secondary N) is 1. The lowest BCUT2D eigenvalue weighted by Gasteiger charge is -2.02. The summed E-state index contributed by atoms with van der Waals surface area (Å²) in [7, 11) is 0. The molecule has 0 atom stereocenters. The topological polar surface area (TPSA) is 68.0 Å². The molecule has 3 N–H and O–H groups in total. The average Bonchev–Trinajstić information content (AvgIpc) is 2.77. The second-order valence-corrected chi connectivity index (χ2v) is 5.09. The van der Waals surface area contributed by atoms with Gasteiger partial charge < -0.3 is 11.1 Å². The van der Waals surface area contributed by atoms with E-state index in [0.29, 0.717) is 11.7 Å². The molecular formula is C13H13F2N3OS. The molecule has 1 heterocycles. The van der Waals surface area contributed by atoms with Crippen LogP contribution in [0.25, 0.3) is 0 Å². The summed E-state index contributed by atoms with van der Waals surface area (Å²) in [4.78, 5) is 16.2. The van der Waals surface area contributed by atoms with E-state index < -0.39 is 23.0 Å². The van der Waals surface area contributed by atoms with Gasteiger partial charge in [0.1, 0.15) is 22.3 Å². The fourth-order valence-electron chi connectivity index (χ4n) is 1.63. The van der Waals surface area contributed by atoms with E-state index >= 15 is 0 Å². The second-order valence-electron chi connectivity index (χ2n) is 4.09. The van der Waals surface area contributed by atoms with Gasteiger partial charge in [-0.05, 0) is 18.6 Å². The lowest BCUT2D eigenvalue weighted by atomic mass is 10.1. The average molecular weight is 297 g/mol. The number of nitrogen functional groups attached to an aromatic ring is 1. The van der Waals surface area contributed by atoms with Gasteiger partial charge in [-0.2, -0.15) is 0 Å². The molecule has 1 aromatic heterocycles. The molecule has 7 heteroatoms. The third kappa shape index (κ3) is 2.77. The Morgan fingerprint density at radius 2 is 2.05 bits per heavy atom. The zero-order valence-electron chi connectivity index (χ0n) is 10.7. The minimum absolute atomic E-state index is 0.0266. The standard InChI is InChI=1S/C13H13F2N3OS/c1-2-6-17-13-18-12(16)11(20-13)10(19)9-7(14)4-3-5-8(9)15/h3-5H,2,6,16H2,1H3,(H,17,18). The summed E-state index contributed by atoms with van der Waals surface area (Å²) in [6, 6.07) is 3.26. The number of nitrogens with two attached hydrogens (primary N) is 1. The number of rotatable bonds is 5. The van der Waals surface area contributed by atoms with Gasteiger partial charge in [0.05, 0.1) is 5.56 Å². The van der Waals surface area contributed by atoms with Crippen LogP contribution in [0.2, 0.25) is 0 Å². The summed E-state index contributed by atoms with van der Waals surface area (Å²) >= 11 is 0.990. The number of anilines is 2. The molecule has 0 aliphatic carbocycles. The highest BCUT2D eigenvalue weighted by Gasteiger charge is 2.23. The summed E-state index contributed by atoms with van der Waals surface area (Å²) in [5.74, 6) is -2.64. The number of nitrogens with zero attached hydrogens (tertiary/aromatic N) is 1. The minimum atomic E-state index is -0.911. The largest absolute Gasteiger partial charge is 0.382 e. The van der Waals surface area contributed by atoms with Crippen LogP contribution in [-0.4, -0.2) is 17.3 Å². The van der Waals surface area contributed by atoms with Gasteiger partial charge in [0.2, 0.25) is 5.78 Å². The van der Waals surface area contributed by atoms with E-state index in [1.54, 1.807) is 0 Å². The van der Waals surface area contributed by atoms with Crippen LogP contribution in [0.1, 0.15) is 28.6 Å². The molecule has 0 radical (unpaired) electrons. The first kappa shape index (κ1) is 14.4. The van der Waals surface area contributed by atoms with Gasteiger partial charge in [-0.3, -0.25) is 4.79 Å². The molecule has 0 aliphatic heterocycles. The monoisotopic (exact) mass is 297 g/mol. The molecule has 2 rings (SSSR count). The first-order valence-corrected chi connectivity index (χ1v) is 6.85. The number of carbonyl (C=O) groups is 1. The van der Waals surface area contributed by atoms with Crippen LogP contribution in [0.4, 0.5) is 19.7 Å². The van der Waals surface area contributed by atoms with E-state index in [9.17, 15) is 13.6 Å². The molecule has 4 nitrogen and oxygen atoms in total. The zero-order valence-corrected chi connectivity index (χ0v) is 11.6. The quantitative estimate of drug-likeness (QED) is 0.832. The Morgan fingerprint density at radius 1 is 1.40 bits per heavy atom. The van der Waals surface area contributed by atoms with Gasteiger partial charge in [0.15, 0.2) is 5.13 Å². The zero-order chi connectivity index (χ0) is 14.7. The van der Waals surface area contributed by atoms with Crippen molar-refractivity contribution in [1.29, 1.82) is 0 Å². The lowest BCUT2D eigenvalue weighted by Crippen LogP contribution is -2.07. The Morgan fingerprint density at radius 3 is 2.65 bits per heavy atom. The number of carbonyl (C=O) groups excluding carboxylic acids is 1. The van der Waals surface area contributed by atoms with Crippen LogP contribution in [0.15, 0.2) is 18.2 Å². The molecule has 20 heavy (non-hydrogen) atoms. The van der Waals surface area contributed by atoms with Crippen LogP contribution in [0.3, 0.4) is 0 Å². The molecule has 0 saturated heterocycles. The molecular weight excluding hydrogens is 284 g/mol. The maximum absolute atomic E-state index is 13.6. The summed E-state index contributed by atoms with van der Waals surface area (Å²) in [6.07, 6.45) is 0.880. The first-order chi connectivity index (χ1) is 9.54. The molecule has 0 saturated carbocycles. The number of aromatic nitrogens is 1. The van der Waals surface area contributed by atoms with Crippen LogP contribution in [0, 0.1) is 11.6 Å². The molecule has 0 aliphatic rings. The Hall–Kier alpha value is -2.02. The Bertz CT molecular complexity index is 622. The number of halogens is 2. The van der Waals surface area contributed by atoms with Crippen LogP contribution in [0.5, 0.6) is 0 Å². The van der Waals surface area contributed by atoms with E-state index in [2.05, 4.69) is 10.3 Å². The van der Waals surface area contributed by atoms with Gasteiger partial charge >= 0.3 is 0 Å². The van der Waals surface area contributed by atoms with Crippen molar-refractivity contribution >= 4 is 28.1 Å². The second kappa shape index (κ2) is 5.96. The van der Waals surface area contributed by atoms with E-state index in [-0.39, 0.29) is 10.7 Å². The third-order valence-electron chi connectivity index (χ3n) is 2.58. The maximum Gasteiger partial charge on any atom is 0.212 e. The molecule has 106 valence electrons. The fraction of sp³-hybridized carbons (Fsp3) is 0.231. The van der Waals surface area contributed by atoms with Gasteiger partial charge in [-0.25, -0.2) is 13.8 Å². The molecule has 1 aromatic carbocycles. The summed E-state index contributed by atoms with van der Waals surface area (Å²) in [5.41, 5.74) is 5.04. The SMILES string of the molecule is CCCNc1nc(N)c(C(=O)c2c(F)cccc2F)s1. The molecule has 0 bridgehead atoms. The van der Waals surface area contributed by atoms with E-state index in [1.165, 1.54) is 6.07 Å². The van der Waals surface area contributed by atoms with Crippen molar-refractivity contribution in [1.82, 2.24) is 4.98 Å². The van der Waals surface area contributed by atoms with Crippen molar-refractivity contribution in [2.75, 3.05) is 17.6 Å². The van der Waals surface area contributed by atoms with Gasteiger partial charge in [0, 0.05) is 6.54 Å². The highest BCUT2D eigenvalue weighted by atomic mass is 32.1. The normalized spacial score (nSPS) is 10.6. The molecule has 0 fully saturated rings. The number of hydrogen-bond acceptors (Lipinski definition) is 5. The highest BCUT2D eigenvalue weighted by molar-refractivity contribution is 7.18. The first-order valence-electron chi connectivity index (χ1n) is 6.03. The summed E-state index contributed by atoms with van der Waals surface area (Å²) in [6.45, 7) is 2.65. The van der Waals surface area contributed by atoms with Crippen molar-refractivity contribution in [3.8, 4) is 0 Å². The van der Waals surface area contributed by atoms with Crippen molar-refractivity contribution < 1.29 is 13.6 Å². The maximum atomic E-state index is 13.6. The number of hydrogen-bond donors (Lipinski definition) is 2. The van der Waals surface area contributed by atoms with Gasteiger partial charge in [0.25, 0.3) is 0 Å². The van der Waals surface area contributed by atoms with Crippen molar-refractivity contribution in [3.05, 3.63) is 40.3 Å². The third-order valence-corrected chi connectivity index (χ3v) is 3.60. The van der Waals surface area contributed by atoms with Crippen molar-refractivity contribution in [3.63, 3.8) is 0 Å². The van der Waals surface area contributed by atoms with Crippen molar-refractivity contribution in [2.24, 2.45) is 0 Å². The molecule has 0 spiro atoms. The van der Waals surface area contributed by atoms with E-state index in [1.807, 2.05) is 6.92 Å². The number of benzene rings is 1. The Balaban J connectivity index is 2.36. The van der Waals surface area contributed by atoms with Crippen molar-refractivity contribution in [2.45, 2.75) is 13.3 Å². The highest BCUT2D eigenvalue weighted by Crippen LogP contribution is 2.29. The number of thiazole rings is 1. The Kier molecular flexibility index (Phi) is 4.29. The minimum Gasteiger partial charge on any atom is -0.382 e. The predicted molar refractivity (Wildman–Crippen MR) is 75.1 cm³/mol. The summed E-state index contributed by atoms with van der Waals surface area (Å²) in [5, 5.41) is 3.44. The van der Waals surface area contributed by atoms with E-state index in [0.717, 1.165) is 29.9 Å². The Labute approximate surface area is 118 Å². The predicted octanol–water partition coefficient (Wildman–Crippen LogP) is 3.06. The molecule has 0 unspecified atom stereocenters. The number of ketones is 1. The van der Waals surface area contributed by atoms with Crippen LogP contribution < -0.4 is 11.1 Å². The van der Waals surface area contributed by atoms with E-state index in [4.69, 9.17) is 5.73 Å². The lowest BCUT2D eigenvalue weighted by molar-refractivity contribution is 0.103. The van der Waals surface area contributed by atoms with Gasteiger partial charge in [-0.15, -0.1) is 0 Å². The van der Waals surface area contributed by atoms with Crippen LogP contribution >= 0.6 is 11.3 Å². The molecule has 2 aromatic rings. The van der Waals surface area contributed by atoms with Gasteiger partial charge in [-0.1, -0.05) is 24.3 Å². The van der Waals surface area contributed by atoms with Crippen LogP contribution in [-0.2, 0) is 0 Å². The molecule has 0 amide bonds. The fourth-order valence-corrected chi connectivity index (χ4v) is 2.49.